The molecule has 1 aliphatic rings. The Kier molecular flexibility index (Phi) is 5.00. The van der Waals surface area contributed by atoms with E-state index in [-0.39, 0.29) is 11.8 Å². The predicted molar refractivity (Wildman–Crippen MR) is 80.0 cm³/mol. The number of carbonyl (C=O) groups excluding carboxylic acids is 1. The number of likely N-dealkylation sites (tertiary alicyclic amines) is 1. The lowest BCUT2D eigenvalue weighted by Gasteiger charge is -2.33. The Morgan fingerprint density at radius 1 is 1.35 bits per heavy atom. The van der Waals surface area contributed by atoms with Gasteiger partial charge in [-0.3, -0.25) is 4.79 Å². The molecule has 6 heteroatoms. The highest BCUT2D eigenvalue weighted by atomic mass is 35.5. The molecule has 1 aromatic rings. The van der Waals surface area contributed by atoms with Gasteiger partial charge in [0.1, 0.15) is 6.04 Å². The topological polar surface area (TPSA) is 49.7 Å². The van der Waals surface area contributed by atoms with Crippen LogP contribution >= 0.6 is 23.2 Å². The molecule has 4 nitrogen and oxygen atoms in total. The van der Waals surface area contributed by atoms with Crippen LogP contribution < -0.4 is 0 Å². The monoisotopic (exact) mass is 314 g/mol. The zero-order chi connectivity index (χ0) is 14.7. The minimum Gasteiger partial charge on any atom is -0.343 e. The van der Waals surface area contributed by atoms with E-state index >= 15 is 0 Å². The largest absolute Gasteiger partial charge is 0.343 e. The third-order valence-corrected chi connectivity index (χ3v) is 4.39. The Hall–Kier alpha value is -1.13. The van der Waals surface area contributed by atoms with Gasteiger partial charge >= 0.3 is 0 Å². The summed E-state index contributed by atoms with van der Waals surface area (Å²) < 4.78 is 0. The normalized spacial score (nSPS) is 17.9. The van der Waals surface area contributed by atoms with Crippen LogP contribution in [0.15, 0.2) is 23.4 Å². The van der Waals surface area contributed by atoms with E-state index < -0.39 is 6.04 Å². The number of amides is 1. The van der Waals surface area contributed by atoms with Crippen LogP contribution in [0.5, 0.6) is 0 Å². The molecule has 1 saturated heterocycles. The number of nitroso groups, excluding NO2 is 1. The Bertz CT molecular complexity index is 514. The smallest absolute Gasteiger partial charge is 0.219 e. The van der Waals surface area contributed by atoms with Crippen LogP contribution in [0.1, 0.15) is 31.4 Å². The van der Waals surface area contributed by atoms with Crippen molar-refractivity contribution in [3.05, 3.63) is 38.7 Å². The minimum atomic E-state index is -0.478. The van der Waals surface area contributed by atoms with Crippen molar-refractivity contribution in [1.82, 2.24) is 4.90 Å². The van der Waals surface area contributed by atoms with Gasteiger partial charge in [-0.15, -0.1) is 0 Å². The van der Waals surface area contributed by atoms with Gasteiger partial charge in [-0.2, -0.15) is 4.91 Å². The lowest BCUT2D eigenvalue weighted by Crippen LogP contribution is -2.38. The number of benzene rings is 1. The molecule has 1 amide bonds. The Morgan fingerprint density at radius 3 is 2.50 bits per heavy atom. The molecule has 1 aliphatic heterocycles. The van der Waals surface area contributed by atoms with Gasteiger partial charge in [-0.1, -0.05) is 34.4 Å². The third kappa shape index (κ3) is 3.30. The molecule has 2 rings (SSSR count). The average molecular weight is 315 g/mol. The van der Waals surface area contributed by atoms with Crippen LogP contribution in [0.25, 0.3) is 0 Å². The molecule has 0 aromatic heterocycles. The molecule has 0 aliphatic carbocycles. The van der Waals surface area contributed by atoms with E-state index in [1.165, 1.54) is 0 Å². The van der Waals surface area contributed by atoms with Gasteiger partial charge < -0.3 is 4.90 Å². The van der Waals surface area contributed by atoms with Gasteiger partial charge in [0.15, 0.2) is 0 Å². The first-order valence-corrected chi connectivity index (χ1v) is 7.31. The van der Waals surface area contributed by atoms with E-state index in [1.54, 1.807) is 30.0 Å². The van der Waals surface area contributed by atoms with Crippen LogP contribution in [-0.4, -0.2) is 23.9 Å². The lowest BCUT2D eigenvalue weighted by atomic mass is 9.86. The second-order valence-electron chi connectivity index (χ2n) is 5.06. The molecule has 20 heavy (non-hydrogen) atoms. The lowest BCUT2D eigenvalue weighted by molar-refractivity contribution is -0.130. The first-order valence-electron chi connectivity index (χ1n) is 6.56. The Labute approximate surface area is 128 Å². The van der Waals surface area contributed by atoms with Crippen molar-refractivity contribution >= 4 is 29.1 Å². The minimum absolute atomic E-state index is 0.0728. The summed E-state index contributed by atoms with van der Waals surface area (Å²) in [5.74, 6) is 0.186. The standard InChI is InChI=1S/C14H16Cl2N2O2/c1-9(19)18-6-4-10(5-7-18)14(17-20)12-3-2-11(15)8-13(12)16/h2-3,8,10,14H,4-7H2,1H3. The van der Waals surface area contributed by atoms with Gasteiger partial charge in [-0.25, -0.2) is 0 Å². The second-order valence-corrected chi connectivity index (χ2v) is 5.90. The number of halogens is 2. The summed E-state index contributed by atoms with van der Waals surface area (Å²) in [5.41, 5.74) is 0.715. The number of hydrogen-bond acceptors (Lipinski definition) is 3. The van der Waals surface area contributed by atoms with Gasteiger partial charge in [-0.05, 0) is 36.5 Å². The summed E-state index contributed by atoms with van der Waals surface area (Å²) in [6.45, 7) is 2.89. The molecule has 0 saturated carbocycles. The summed E-state index contributed by atoms with van der Waals surface area (Å²) in [4.78, 5) is 24.3. The Balaban J connectivity index is 2.13. The fourth-order valence-electron chi connectivity index (χ4n) is 2.67. The molecule has 1 unspecified atom stereocenters. The van der Waals surface area contributed by atoms with Crippen LogP contribution in [0, 0.1) is 10.8 Å². The zero-order valence-corrected chi connectivity index (χ0v) is 12.7. The SMILES string of the molecule is CC(=O)N1CCC(C(N=O)c2ccc(Cl)cc2Cl)CC1. The fourth-order valence-corrected chi connectivity index (χ4v) is 3.19. The summed E-state index contributed by atoms with van der Waals surface area (Å²) >= 11 is 12.0. The maximum atomic E-state index is 11.3. The van der Waals surface area contributed by atoms with Crippen molar-refractivity contribution in [2.24, 2.45) is 11.1 Å². The third-order valence-electron chi connectivity index (χ3n) is 3.83. The van der Waals surface area contributed by atoms with Crippen molar-refractivity contribution < 1.29 is 4.79 Å². The number of hydrogen-bond donors (Lipinski definition) is 0. The van der Waals surface area contributed by atoms with E-state index in [2.05, 4.69) is 5.18 Å². The van der Waals surface area contributed by atoms with Crippen LogP contribution in [0.4, 0.5) is 0 Å². The molecule has 0 bridgehead atoms. The molecular weight excluding hydrogens is 299 g/mol. The van der Waals surface area contributed by atoms with Gasteiger partial charge in [0.2, 0.25) is 5.91 Å². The second kappa shape index (κ2) is 6.55. The van der Waals surface area contributed by atoms with Crippen LogP contribution in [0.3, 0.4) is 0 Å². The summed E-state index contributed by atoms with van der Waals surface area (Å²) in [6, 6.07) is 4.62. The van der Waals surface area contributed by atoms with E-state index in [1.807, 2.05) is 0 Å². The molecule has 108 valence electrons. The number of nitrogens with zero attached hydrogens (tertiary/aromatic N) is 2. The highest BCUT2D eigenvalue weighted by Gasteiger charge is 2.30. The first-order chi connectivity index (χ1) is 9.52. The summed E-state index contributed by atoms with van der Waals surface area (Å²) in [6.07, 6.45) is 1.52. The van der Waals surface area contributed by atoms with E-state index in [9.17, 15) is 9.70 Å². The van der Waals surface area contributed by atoms with Crippen molar-refractivity contribution in [1.29, 1.82) is 0 Å². The van der Waals surface area contributed by atoms with E-state index in [0.717, 1.165) is 12.8 Å². The molecular formula is C14H16Cl2N2O2. The molecule has 1 aromatic carbocycles. The van der Waals surface area contributed by atoms with Gasteiger partial charge in [0.25, 0.3) is 0 Å². The van der Waals surface area contributed by atoms with Crippen LogP contribution in [-0.2, 0) is 4.79 Å². The number of piperidine rings is 1. The number of carbonyl (C=O) groups is 1. The van der Waals surface area contributed by atoms with Gasteiger partial charge in [0, 0.05) is 30.1 Å². The maximum absolute atomic E-state index is 11.3. The molecule has 1 atom stereocenters. The van der Waals surface area contributed by atoms with E-state index in [4.69, 9.17) is 23.2 Å². The van der Waals surface area contributed by atoms with Crippen molar-refractivity contribution in [3.8, 4) is 0 Å². The van der Waals surface area contributed by atoms with Crippen molar-refractivity contribution in [3.63, 3.8) is 0 Å². The summed E-state index contributed by atoms with van der Waals surface area (Å²) in [7, 11) is 0. The zero-order valence-electron chi connectivity index (χ0n) is 11.2. The van der Waals surface area contributed by atoms with Crippen molar-refractivity contribution in [2.75, 3.05) is 13.1 Å². The average Bonchev–Trinajstić information content (AvgIpc) is 2.42. The molecule has 0 spiro atoms. The summed E-state index contributed by atoms with van der Waals surface area (Å²) in [5, 5.41) is 4.27. The number of rotatable bonds is 3. The highest BCUT2D eigenvalue weighted by molar-refractivity contribution is 6.35. The van der Waals surface area contributed by atoms with Crippen molar-refractivity contribution in [2.45, 2.75) is 25.8 Å². The first kappa shape index (κ1) is 15.3. The fraction of sp³-hybridized carbons (Fsp3) is 0.500. The molecule has 0 radical (unpaired) electrons. The molecule has 1 fully saturated rings. The van der Waals surface area contributed by atoms with Gasteiger partial charge in [0.05, 0.1) is 0 Å². The molecule has 0 N–H and O–H groups in total. The highest BCUT2D eigenvalue weighted by Crippen LogP contribution is 2.37. The quantitative estimate of drug-likeness (QED) is 0.790. The van der Waals surface area contributed by atoms with E-state index in [0.29, 0.717) is 28.7 Å². The molecule has 1 heterocycles. The maximum Gasteiger partial charge on any atom is 0.219 e. The van der Waals surface area contributed by atoms with Crippen LogP contribution in [0.2, 0.25) is 10.0 Å². The predicted octanol–water partition coefficient (Wildman–Crippen LogP) is 4.06. The Morgan fingerprint density at radius 2 is 2.00 bits per heavy atom.